The number of rotatable bonds is 3. The van der Waals surface area contributed by atoms with E-state index in [0.29, 0.717) is 6.04 Å². The molecule has 0 aromatic carbocycles. The Labute approximate surface area is 90.5 Å². The van der Waals surface area contributed by atoms with Gasteiger partial charge in [0.05, 0.1) is 6.54 Å². The number of hydrogen-bond donors (Lipinski definition) is 1. The second kappa shape index (κ2) is 4.72. The molecule has 5 heteroatoms. The van der Waals surface area contributed by atoms with Gasteiger partial charge in [-0.1, -0.05) is 0 Å². The summed E-state index contributed by atoms with van der Waals surface area (Å²) in [7, 11) is 0. The zero-order chi connectivity index (χ0) is 10.7. The lowest BCUT2D eigenvalue weighted by molar-refractivity contribution is 0.159. The maximum Gasteiger partial charge on any atom is 0.141 e. The van der Waals surface area contributed by atoms with E-state index in [1.807, 2.05) is 4.68 Å². The molecule has 1 aromatic rings. The van der Waals surface area contributed by atoms with E-state index < -0.39 is 0 Å². The minimum atomic E-state index is 0.584. The molecule has 0 saturated carbocycles. The summed E-state index contributed by atoms with van der Waals surface area (Å²) < 4.78 is 1.97. The summed E-state index contributed by atoms with van der Waals surface area (Å²) in [5.41, 5.74) is 0. The van der Waals surface area contributed by atoms with Crippen LogP contribution in [0.5, 0.6) is 0 Å². The van der Waals surface area contributed by atoms with Gasteiger partial charge in [0.25, 0.3) is 0 Å². The SMILES string of the molecule is CCn1ncnc1CN1CCNC[C@H]1C. The summed E-state index contributed by atoms with van der Waals surface area (Å²) in [6.45, 7) is 9.40. The minimum absolute atomic E-state index is 0.584. The summed E-state index contributed by atoms with van der Waals surface area (Å²) in [6, 6.07) is 0.584. The molecule has 0 aliphatic carbocycles. The van der Waals surface area contributed by atoms with Gasteiger partial charge in [0.2, 0.25) is 0 Å². The van der Waals surface area contributed by atoms with Crippen LogP contribution in [-0.4, -0.2) is 45.3 Å². The smallest absolute Gasteiger partial charge is 0.141 e. The van der Waals surface area contributed by atoms with Crippen LogP contribution in [0.15, 0.2) is 6.33 Å². The van der Waals surface area contributed by atoms with Gasteiger partial charge in [-0.05, 0) is 13.8 Å². The van der Waals surface area contributed by atoms with Crippen molar-refractivity contribution in [3.05, 3.63) is 12.2 Å². The highest BCUT2D eigenvalue weighted by atomic mass is 15.4. The van der Waals surface area contributed by atoms with Crippen molar-refractivity contribution in [1.29, 1.82) is 0 Å². The van der Waals surface area contributed by atoms with Crippen molar-refractivity contribution in [2.45, 2.75) is 33.0 Å². The Morgan fingerprint density at radius 3 is 3.20 bits per heavy atom. The molecule has 1 saturated heterocycles. The van der Waals surface area contributed by atoms with Gasteiger partial charge in [0, 0.05) is 32.2 Å². The number of aromatic nitrogens is 3. The predicted octanol–water partition coefficient (Wildman–Crippen LogP) is 0.0917. The highest BCUT2D eigenvalue weighted by molar-refractivity contribution is 4.87. The van der Waals surface area contributed by atoms with E-state index in [4.69, 9.17) is 0 Å². The summed E-state index contributed by atoms with van der Waals surface area (Å²) in [5.74, 6) is 1.08. The monoisotopic (exact) mass is 209 g/mol. The normalized spacial score (nSPS) is 23.2. The Bertz CT molecular complexity index is 309. The average molecular weight is 209 g/mol. The number of hydrogen-bond acceptors (Lipinski definition) is 4. The number of piperazine rings is 1. The van der Waals surface area contributed by atoms with Crippen LogP contribution in [-0.2, 0) is 13.1 Å². The van der Waals surface area contributed by atoms with Crippen molar-refractivity contribution in [3.63, 3.8) is 0 Å². The summed E-state index contributed by atoms with van der Waals surface area (Å²) >= 11 is 0. The largest absolute Gasteiger partial charge is 0.314 e. The molecular formula is C10H19N5. The van der Waals surface area contributed by atoms with Crippen LogP contribution in [0.4, 0.5) is 0 Å². The zero-order valence-corrected chi connectivity index (χ0v) is 9.48. The molecule has 0 radical (unpaired) electrons. The quantitative estimate of drug-likeness (QED) is 0.766. The minimum Gasteiger partial charge on any atom is -0.314 e. The Morgan fingerprint density at radius 2 is 2.47 bits per heavy atom. The molecule has 0 unspecified atom stereocenters. The molecule has 2 heterocycles. The van der Waals surface area contributed by atoms with E-state index in [9.17, 15) is 0 Å². The lowest BCUT2D eigenvalue weighted by Crippen LogP contribution is -2.49. The third-order valence-corrected chi connectivity index (χ3v) is 2.98. The fourth-order valence-corrected chi connectivity index (χ4v) is 1.97. The first-order valence-corrected chi connectivity index (χ1v) is 5.62. The van der Waals surface area contributed by atoms with Gasteiger partial charge < -0.3 is 5.32 Å². The molecule has 0 amide bonds. The van der Waals surface area contributed by atoms with Crippen molar-refractivity contribution in [2.24, 2.45) is 0 Å². The van der Waals surface area contributed by atoms with Crippen LogP contribution in [0.1, 0.15) is 19.7 Å². The molecule has 1 atom stereocenters. The van der Waals surface area contributed by atoms with Crippen molar-refractivity contribution in [1.82, 2.24) is 25.0 Å². The van der Waals surface area contributed by atoms with E-state index in [1.54, 1.807) is 6.33 Å². The fourth-order valence-electron chi connectivity index (χ4n) is 1.97. The third kappa shape index (κ3) is 2.35. The van der Waals surface area contributed by atoms with Crippen LogP contribution in [0.2, 0.25) is 0 Å². The Balaban J connectivity index is 2.01. The summed E-state index contributed by atoms with van der Waals surface area (Å²) in [4.78, 5) is 6.76. The molecule has 0 spiro atoms. The van der Waals surface area contributed by atoms with Crippen molar-refractivity contribution in [3.8, 4) is 0 Å². The molecule has 1 aliphatic heterocycles. The molecule has 1 aliphatic rings. The van der Waals surface area contributed by atoms with E-state index in [-0.39, 0.29) is 0 Å². The van der Waals surface area contributed by atoms with Crippen LogP contribution in [0.3, 0.4) is 0 Å². The second-order valence-electron chi connectivity index (χ2n) is 4.02. The van der Waals surface area contributed by atoms with Crippen LogP contribution in [0.25, 0.3) is 0 Å². The molecule has 0 bridgehead atoms. The van der Waals surface area contributed by atoms with Gasteiger partial charge in [-0.15, -0.1) is 0 Å². The molecular weight excluding hydrogens is 190 g/mol. The molecule has 5 nitrogen and oxygen atoms in total. The Hall–Kier alpha value is -0.940. The van der Waals surface area contributed by atoms with E-state index in [2.05, 4.69) is 34.1 Å². The van der Waals surface area contributed by atoms with Crippen molar-refractivity contribution >= 4 is 0 Å². The fraction of sp³-hybridized carbons (Fsp3) is 0.800. The van der Waals surface area contributed by atoms with Crippen molar-refractivity contribution in [2.75, 3.05) is 19.6 Å². The second-order valence-corrected chi connectivity index (χ2v) is 4.02. The van der Waals surface area contributed by atoms with E-state index in [1.165, 1.54) is 0 Å². The molecule has 2 rings (SSSR count). The lowest BCUT2D eigenvalue weighted by Gasteiger charge is -2.33. The Morgan fingerprint density at radius 1 is 1.60 bits per heavy atom. The molecule has 15 heavy (non-hydrogen) atoms. The first kappa shape index (κ1) is 10.6. The summed E-state index contributed by atoms with van der Waals surface area (Å²) in [5, 5.41) is 7.58. The van der Waals surface area contributed by atoms with Crippen molar-refractivity contribution < 1.29 is 0 Å². The first-order chi connectivity index (χ1) is 7.31. The maximum absolute atomic E-state index is 4.31. The van der Waals surface area contributed by atoms with E-state index in [0.717, 1.165) is 38.5 Å². The number of nitrogens with one attached hydrogen (secondary N) is 1. The first-order valence-electron chi connectivity index (χ1n) is 5.62. The maximum atomic E-state index is 4.31. The average Bonchev–Trinajstić information content (AvgIpc) is 2.69. The lowest BCUT2D eigenvalue weighted by atomic mass is 10.2. The zero-order valence-electron chi connectivity index (χ0n) is 9.48. The molecule has 84 valence electrons. The van der Waals surface area contributed by atoms with Gasteiger partial charge in [0.15, 0.2) is 0 Å². The standard InChI is InChI=1S/C10H19N5/c1-3-15-10(12-8-13-15)7-14-5-4-11-6-9(14)2/h8-9,11H,3-7H2,1-2H3/t9-/m1/s1. The predicted molar refractivity (Wildman–Crippen MR) is 58.4 cm³/mol. The highest BCUT2D eigenvalue weighted by Gasteiger charge is 2.19. The van der Waals surface area contributed by atoms with Crippen LogP contribution >= 0.6 is 0 Å². The Kier molecular flexibility index (Phi) is 3.33. The van der Waals surface area contributed by atoms with Gasteiger partial charge in [-0.2, -0.15) is 5.10 Å². The number of aryl methyl sites for hydroxylation is 1. The van der Waals surface area contributed by atoms with E-state index >= 15 is 0 Å². The molecule has 1 aromatic heterocycles. The van der Waals surface area contributed by atoms with Gasteiger partial charge in [-0.3, -0.25) is 4.90 Å². The number of nitrogens with zero attached hydrogens (tertiary/aromatic N) is 4. The van der Waals surface area contributed by atoms with Crippen LogP contribution in [0, 0.1) is 0 Å². The highest BCUT2D eigenvalue weighted by Crippen LogP contribution is 2.07. The summed E-state index contributed by atoms with van der Waals surface area (Å²) in [6.07, 6.45) is 1.64. The topological polar surface area (TPSA) is 46.0 Å². The molecule has 1 fully saturated rings. The van der Waals surface area contributed by atoms with Gasteiger partial charge in [0.1, 0.15) is 12.2 Å². The van der Waals surface area contributed by atoms with Crippen LogP contribution < -0.4 is 5.32 Å². The van der Waals surface area contributed by atoms with Gasteiger partial charge >= 0.3 is 0 Å². The molecule has 1 N–H and O–H groups in total. The third-order valence-electron chi connectivity index (χ3n) is 2.98. The van der Waals surface area contributed by atoms with Gasteiger partial charge in [-0.25, -0.2) is 9.67 Å².